The fourth-order valence-corrected chi connectivity index (χ4v) is 3.18. The molecule has 0 bridgehead atoms. The van der Waals surface area contributed by atoms with Crippen molar-refractivity contribution in [2.24, 2.45) is 0 Å². The first kappa shape index (κ1) is 13.9. The molecule has 1 N–H and O–H groups in total. The molecule has 3 rings (SSSR count). The van der Waals surface area contributed by atoms with Crippen molar-refractivity contribution in [1.29, 1.82) is 0 Å². The summed E-state index contributed by atoms with van der Waals surface area (Å²) in [7, 11) is 0. The van der Waals surface area contributed by atoms with E-state index >= 15 is 0 Å². The Morgan fingerprint density at radius 3 is 3.05 bits per heavy atom. The van der Waals surface area contributed by atoms with E-state index in [4.69, 9.17) is 16.3 Å². The topological polar surface area (TPSA) is 41.6 Å². The maximum atomic E-state index is 12.2. The van der Waals surface area contributed by atoms with Gasteiger partial charge in [-0.15, -0.1) is 0 Å². The van der Waals surface area contributed by atoms with E-state index in [1.807, 2.05) is 29.2 Å². The van der Waals surface area contributed by atoms with Crippen LogP contribution in [0.25, 0.3) is 0 Å². The fraction of sp³-hybridized carbons (Fsp3) is 0.533. The highest BCUT2D eigenvalue weighted by Crippen LogP contribution is 2.32. The molecule has 2 aliphatic rings. The number of morpholine rings is 1. The second kappa shape index (κ2) is 5.72. The summed E-state index contributed by atoms with van der Waals surface area (Å²) in [5, 5.41) is 4.04. The van der Waals surface area contributed by atoms with Gasteiger partial charge in [0.1, 0.15) is 6.61 Å². The number of carbonyl (C=O) groups is 1. The molecular weight excluding hydrogens is 276 g/mol. The average molecular weight is 295 g/mol. The molecule has 1 aromatic rings. The van der Waals surface area contributed by atoms with Gasteiger partial charge in [-0.05, 0) is 50.6 Å². The van der Waals surface area contributed by atoms with Crippen molar-refractivity contribution in [1.82, 2.24) is 5.32 Å². The fourth-order valence-electron chi connectivity index (χ4n) is 3.00. The summed E-state index contributed by atoms with van der Waals surface area (Å²) in [5.74, 6) is 0.00935. The van der Waals surface area contributed by atoms with Gasteiger partial charge in [0.2, 0.25) is 0 Å². The maximum absolute atomic E-state index is 12.2. The first-order valence-corrected chi connectivity index (χ1v) is 7.47. The van der Waals surface area contributed by atoms with Gasteiger partial charge in [0, 0.05) is 10.7 Å². The number of anilines is 1. The van der Waals surface area contributed by atoms with Crippen LogP contribution < -0.4 is 10.2 Å². The zero-order valence-electron chi connectivity index (χ0n) is 11.4. The molecule has 0 saturated carbocycles. The quantitative estimate of drug-likeness (QED) is 0.863. The third-order valence-corrected chi connectivity index (χ3v) is 4.35. The van der Waals surface area contributed by atoms with Gasteiger partial charge in [-0.2, -0.15) is 0 Å². The van der Waals surface area contributed by atoms with Gasteiger partial charge >= 0.3 is 0 Å². The number of halogens is 1. The van der Waals surface area contributed by atoms with Gasteiger partial charge in [0.05, 0.1) is 12.1 Å². The molecule has 0 aromatic heterocycles. The zero-order chi connectivity index (χ0) is 14.0. The van der Waals surface area contributed by atoms with Gasteiger partial charge < -0.3 is 15.0 Å². The molecule has 2 fully saturated rings. The molecule has 1 spiro atoms. The number of rotatable bonds is 1. The van der Waals surface area contributed by atoms with E-state index in [1.165, 1.54) is 0 Å². The standard InChI is InChI=1S/C15H19ClN2O2/c16-12-3-1-4-13(9-12)18-11-15(20-10-14(18)19)5-2-7-17-8-6-15/h1,3-4,9,17H,2,5-8,10-11H2. The third kappa shape index (κ3) is 2.82. The van der Waals surface area contributed by atoms with Crippen molar-refractivity contribution in [2.45, 2.75) is 24.9 Å². The lowest BCUT2D eigenvalue weighted by atomic mass is 9.92. The molecule has 1 atom stereocenters. The number of amides is 1. The number of hydrogen-bond acceptors (Lipinski definition) is 3. The Kier molecular flexibility index (Phi) is 3.96. The van der Waals surface area contributed by atoms with E-state index in [2.05, 4.69) is 5.32 Å². The maximum Gasteiger partial charge on any atom is 0.253 e. The van der Waals surface area contributed by atoms with Crippen LogP contribution in [0.3, 0.4) is 0 Å². The van der Waals surface area contributed by atoms with E-state index in [1.54, 1.807) is 0 Å². The summed E-state index contributed by atoms with van der Waals surface area (Å²) in [4.78, 5) is 14.0. The van der Waals surface area contributed by atoms with Crippen LogP contribution in [0.5, 0.6) is 0 Å². The Balaban J connectivity index is 1.84. The molecule has 108 valence electrons. The van der Waals surface area contributed by atoms with Crippen molar-refractivity contribution in [3.05, 3.63) is 29.3 Å². The van der Waals surface area contributed by atoms with Crippen LogP contribution in [0.4, 0.5) is 5.69 Å². The molecule has 2 saturated heterocycles. The van der Waals surface area contributed by atoms with Gasteiger partial charge in [-0.1, -0.05) is 17.7 Å². The summed E-state index contributed by atoms with van der Waals surface area (Å²) in [6.07, 6.45) is 3.01. The number of hydrogen-bond donors (Lipinski definition) is 1. The average Bonchev–Trinajstić information content (AvgIpc) is 2.68. The SMILES string of the molecule is O=C1COC2(CCCNCC2)CN1c1cccc(Cl)c1. The lowest BCUT2D eigenvalue weighted by Crippen LogP contribution is -2.55. The van der Waals surface area contributed by atoms with Crippen molar-refractivity contribution < 1.29 is 9.53 Å². The minimum atomic E-state index is -0.209. The van der Waals surface area contributed by atoms with E-state index in [0.717, 1.165) is 38.0 Å². The summed E-state index contributed by atoms with van der Waals surface area (Å²) < 4.78 is 5.92. The highest BCUT2D eigenvalue weighted by molar-refractivity contribution is 6.30. The van der Waals surface area contributed by atoms with E-state index in [0.29, 0.717) is 11.6 Å². The Morgan fingerprint density at radius 2 is 2.20 bits per heavy atom. The number of ether oxygens (including phenoxy) is 1. The molecule has 2 aliphatic heterocycles. The highest BCUT2D eigenvalue weighted by atomic mass is 35.5. The second-order valence-corrected chi connectivity index (χ2v) is 5.97. The normalized spacial score (nSPS) is 27.6. The third-order valence-electron chi connectivity index (χ3n) is 4.11. The van der Waals surface area contributed by atoms with E-state index < -0.39 is 0 Å². The Morgan fingerprint density at radius 1 is 1.30 bits per heavy atom. The summed E-state index contributed by atoms with van der Waals surface area (Å²) in [6.45, 7) is 2.74. The van der Waals surface area contributed by atoms with Gasteiger partial charge in [-0.3, -0.25) is 4.79 Å². The largest absolute Gasteiger partial charge is 0.363 e. The van der Waals surface area contributed by atoms with Crippen LogP contribution in [-0.4, -0.2) is 37.7 Å². The molecule has 0 radical (unpaired) electrons. The lowest BCUT2D eigenvalue weighted by Gasteiger charge is -2.42. The van der Waals surface area contributed by atoms with Crippen LogP contribution >= 0.6 is 11.6 Å². The van der Waals surface area contributed by atoms with E-state index in [-0.39, 0.29) is 18.1 Å². The monoisotopic (exact) mass is 294 g/mol. The van der Waals surface area contributed by atoms with Crippen LogP contribution in [0.15, 0.2) is 24.3 Å². The molecule has 2 heterocycles. The minimum Gasteiger partial charge on any atom is -0.363 e. The molecule has 20 heavy (non-hydrogen) atoms. The van der Waals surface area contributed by atoms with Crippen LogP contribution in [0.1, 0.15) is 19.3 Å². The highest BCUT2D eigenvalue weighted by Gasteiger charge is 2.40. The summed E-state index contributed by atoms with van der Waals surface area (Å²) >= 11 is 6.04. The zero-order valence-corrected chi connectivity index (χ0v) is 12.2. The smallest absolute Gasteiger partial charge is 0.253 e. The van der Waals surface area contributed by atoms with Crippen LogP contribution in [-0.2, 0) is 9.53 Å². The molecule has 1 aromatic carbocycles. The molecule has 4 nitrogen and oxygen atoms in total. The second-order valence-electron chi connectivity index (χ2n) is 5.53. The number of nitrogens with one attached hydrogen (secondary N) is 1. The number of carbonyl (C=O) groups excluding carboxylic acids is 1. The van der Waals surface area contributed by atoms with Crippen molar-refractivity contribution in [2.75, 3.05) is 31.1 Å². The molecule has 0 aliphatic carbocycles. The van der Waals surface area contributed by atoms with Crippen molar-refractivity contribution in [3.63, 3.8) is 0 Å². The number of nitrogens with zero attached hydrogens (tertiary/aromatic N) is 1. The Hall–Kier alpha value is -1.10. The lowest BCUT2D eigenvalue weighted by molar-refractivity contribution is -0.139. The minimum absolute atomic E-state index is 0.00935. The predicted molar refractivity (Wildman–Crippen MR) is 79.2 cm³/mol. The van der Waals surface area contributed by atoms with Gasteiger partial charge in [0.25, 0.3) is 5.91 Å². The molecule has 5 heteroatoms. The first-order chi connectivity index (χ1) is 9.69. The Labute approximate surface area is 124 Å². The summed E-state index contributed by atoms with van der Waals surface area (Å²) in [6, 6.07) is 7.47. The van der Waals surface area contributed by atoms with Gasteiger partial charge in [0.15, 0.2) is 0 Å². The number of benzene rings is 1. The van der Waals surface area contributed by atoms with Gasteiger partial charge in [-0.25, -0.2) is 0 Å². The Bertz CT molecular complexity index is 498. The van der Waals surface area contributed by atoms with E-state index in [9.17, 15) is 4.79 Å². The van der Waals surface area contributed by atoms with Crippen molar-refractivity contribution >= 4 is 23.2 Å². The molecule has 1 unspecified atom stereocenters. The van der Waals surface area contributed by atoms with Crippen LogP contribution in [0.2, 0.25) is 5.02 Å². The first-order valence-electron chi connectivity index (χ1n) is 7.09. The molecular formula is C15H19ClN2O2. The predicted octanol–water partition coefficient (Wildman–Crippen LogP) is 2.22. The summed E-state index contributed by atoms with van der Waals surface area (Å²) in [5.41, 5.74) is 0.655. The van der Waals surface area contributed by atoms with Crippen molar-refractivity contribution in [3.8, 4) is 0 Å². The van der Waals surface area contributed by atoms with Crippen LogP contribution in [0, 0.1) is 0 Å². The molecule has 1 amide bonds.